The van der Waals surface area contributed by atoms with Gasteiger partial charge in [0.05, 0.1) is 26.7 Å². The number of hydrogen-bond donors (Lipinski definition) is 2. The van der Waals surface area contributed by atoms with Crippen LogP contribution in [0.1, 0.15) is 10.6 Å². The predicted octanol–water partition coefficient (Wildman–Crippen LogP) is 0.647. The molecule has 1 heterocycles. The monoisotopic (exact) mass is 280 g/mol. The first-order chi connectivity index (χ1) is 9.53. The van der Waals surface area contributed by atoms with E-state index < -0.39 is 17.4 Å². The summed E-state index contributed by atoms with van der Waals surface area (Å²) in [5.74, 6) is -1.17. The number of nitrogens with zero attached hydrogens (tertiary/aromatic N) is 1. The molecule has 0 bridgehead atoms. The number of ether oxygens (including phenoxy) is 3. The van der Waals surface area contributed by atoms with E-state index in [-0.39, 0.29) is 28.2 Å². The largest absolute Gasteiger partial charge is 0.493 e. The van der Waals surface area contributed by atoms with E-state index in [9.17, 15) is 9.59 Å². The van der Waals surface area contributed by atoms with Gasteiger partial charge in [-0.3, -0.25) is 4.79 Å². The van der Waals surface area contributed by atoms with Crippen molar-refractivity contribution in [1.82, 2.24) is 9.97 Å². The van der Waals surface area contributed by atoms with E-state index in [1.54, 1.807) is 0 Å². The summed E-state index contributed by atoms with van der Waals surface area (Å²) in [6, 6.07) is 1.41. The third-order valence-corrected chi connectivity index (χ3v) is 2.71. The number of carboxylic acid groups (broad SMARTS) is 1. The molecule has 0 spiro atoms. The summed E-state index contributed by atoms with van der Waals surface area (Å²) in [4.78, 5) is 28.9. The van der Waals surface area contributed by atoms with Crippen molar-refractivity contribution in [3.63, 3.8) is 0 Å². The second kappa shape index (κ2) is 5.08. The SMILES string of the molecule is COc1cc2c(=O)[nH]c(C(=O)O)nc2c(OC)c1OC. The number of aromatic carboxylic acids is 1. The maximum atomic E-state index is 11.9. The van der Waals surface area contributed by atoms with Crippen molar-refractivity contribution < 1.29 is 24.1 Å². The minimum atomic E-state index is -1.35. The summed E-state index contributed by atoms with van der Waals surface area (Å²) < 4.78 is 15.4. The van der Waals surface area contributed by atoms with Crippen LogP contribution in [0.2, 0.25) is 0 Å². The molecule has 0 unspecified atom stereocenters. The highest BCUT2D eigenvalue weighted by atomic mass is 16.5. The Morgan fingerprint density at radius 2 is 1.85 bits per heavy atom. The average Bonchev–Trinajstić information content (AvgIpc) is 2.44. The number of benzene rings is 1. The topological polar surface area (TPSA) is 111 Å². The van der Waals surface area contributed by atoms with Crippen LogP contribution in [0.3, 0.4) is 0 Å². The minimum absolute atomic E-state index is 0.0892. The van der Waals surface area contributed by atoms with Crippen LogP contribution in [0.15, 0.2) is 10.9 Å². The van der Waals surface area contributed by atoms with Crippen LogP contribution < -0.4 is 19.8 Å². The van der Waals surface area contributed by atoms with Gasteiger partial charge in [0.2, 0.25) is 11.6 Å². The van der Waals surface area contributed by atoms with E-state index in [1.807, 2.05) is 0 Å². The Balaban J connectivity index is 2.96. The molecule has 8 heteroatoms. The molecule has 0 radical (unpaired) electrons. The number of H-pyrrole nitrogens is 1. The Bertz CT molecular complexity index is 737. The van der Waals surface area contributed by atoms with Gasteiger partial charge < -0.3 is 24.3 Å². The van der Waals surface area contributed by atoms with Gasteiger partial charge in [-0.25, -0.2) is 9.78 Å². The van der Waals surface area contributed by atoms with Crippen molar-refractivity contribution >= 4 is 16.9 Å². The normalized spacial score (nSPS) is 10.3. The third kappa shape index (κ3) is 2.00. The number of nitrogens with one attached hydrogen (secondary N) is 1. The maximum Gasteiger partial charge on any atom is 0.372 e. The van der Waals surface area contributed by atoms with Crippen molar-refractivity contribution in [1.29, 1.82) is 0 Å². The van der Waals surface area contributed by atoms with E-state index in [2.05, 4.69) is 9.97 Å². The van der Waals surface area contributed by atoms with Crippen LogP contribution in [0.5, 0.6) is 17.2 Å². The van der Waals surface area contributed by atoms with Crippen LogP contribution in [0.4, 0.5) is 0 Å². The van der Waals surface area contributed by atoms with Crippen molar-refractivity contribution in [2.45, 2.75) is 0 Å². The molecule has 2 N–H and O–H groups in total. The molecule has 20 heavy (non-hydrogen) atoms. The van der Waals surface area contributed by atoms with Gasteiger partial charge in [0.25, 0.3) is 5.56 Å². The first-order valence-electron chi connectivity index (χ1n) is 5.49. The van der Waals surface area contributed by atoms with Crippen LogP contribution in [0, 0.1) is 0 Å². The molecule has 0 saturated carbocycles. The van der Waals surface area contributed by atoms with E-state index in [0.717, 1.165) is 0 Å². The molecule has 8 nitrogen and oxygen atoms in total. The van der Waals surface area contributed by atoms with Crippen LogP contribution in [0.25, 0.3) is 10.9 Å². The molecule has 0 amide bonds. The molecular formula is C12H12N2O6. The smallest absolute Gasteiger partial charge is 0.372 e. The van der Waals surface area contributed by atoms with Gasteiger partial charge in [-0.2, -0.15) is 0 Å². The Labute approximate surface area is 112 Å². The lowest BCUT2D eigenvalue weighted by Gasteiger charge is -2.13. The number of aromatic amines is 1. The van der Waals surface area contributed by atoms with Crippen molar-refractivity contribution in [2.75, 3.05) is 21.3 Å². The van der Waals surface area contributed by atoms with E-state index in [0.29, 0.717) is 0 Å². The average molecular weight is 280 g/mol. The van der Waals surface area contributed by atoms with E-state index in [1.165, 1.54) is 27.4 Å². The zero-order valence-electron chi connectivity index (χ0n) is 11.0. The zero-order chi connectivity index (χ0) is 14.9. The Hall–Kier alpha value is -2.77. The summed E-state index contributed by atoms with van der Waals surface area (Å²) in [5.41, 5.74) is -0.516. The van der Waals surface area contributed by atoms with Crippen molar-refractivity contribution in [3.8, 4) is 17.2 Å². The van der Waals surface area contributed by atoms with Crippen molar-refractivity contribution in [2.24, 2.45) is 0 Å². The highest BCUT2D eigenvalue weighted by Gasteiger charge is 2.20. The molecule has 106 valence electrons. The van der Waals surface area contributed by atoms with Gasteiger partial charge in [0.1, 0.15) is 5.52 Å². The third-order valence-electron chi connectivity index (χ3n) is 2.71. The van der Waals surface area contributed by atoms with Gasteiger partial charge >= 0.3 is 5.97 Å². The lowest BCUT2D eigenvalue weighted by atomic mass is 10.2. The Kier molecular flexibility index (Phi) is 3.47. The summed E-state index contributed by atoms with van der Waals surface area (Å²) in [6.07, 6.45) is 0. The Morgan fingerprint density at radius 3 is 2.35 bits per heavy atom. The maximum absolute atomic E-state index is 11.9. The number of carbonyl (C=O) groups is 1. The fourth-order valence-corrected chi connectivity index (χ4v) is 1.84. The summed E-state index contributed by atoms with van der Waals surface area (Å²) in [5, 5.41) is 9.07. The van der Waals surface area contributed by atoms with Crippen molar-refractivity contribution in [3.05, 3.63) is 22.2 Å². The fraction of sp³-hybridized carbons (Fsp3) is 0.250. The number of rotatable bonds is 4. The summed E-state index contributed by atoms with van der Waals surface area (Å²) >= 11 is 0. The van der Waals surface area contributed by atoms with Gasteiger partial charge in [0.15, 0.2) is 11.5 Å². The van der Waals surface area contributed by atoms with Crippen LogP contribution >= 0.6 is 0 Å². The quantitative estimate of drug-likeness (QED) is 0.845. The number of carboxylic acids is 1. The van der Waals surface area contributed by atoms with Crippen LogP contribution in [-0.2, 0) is 0 Å². The molecule has 0 fully saturated rings. The molecule has 1 aromatic heterocycles. The van der Waals surface area contributed by atoms with E-state index >= 15 is 0 Å². The summed E-state index contributed by atoms with van der Waals surface area (Å²) in [7, 11) is 4.17. The predicted molar refractivity (Wildman–Crippen MR) is 69.0 cm³/mol. The fourth-order valence-electron chi connectivity index (χ4n) is 1.84. The summed E-state index contributed by atoms with van der Waals surface area (Å²) in [6.45, 7) is 0. The van der Waals surface area contributed by atoms with Crippen LogP contribution in [-0.4, -0.2) is 42.4 Å². The second-order valence-corrected chi connectivity index (χ2v) is 3.76. The molecule has 2 aromatic rings. The second-order valence-electron chi connectivity index (χ2n) is 3.76. The number of aromatic nitrogens is 2. The molecule has 0 aliphatic carbocycles. The molecule has 2 rings (SSSR count). The van der Waals surface area contributed by atoms with Gasteiger partial charge in [0, 0.05) is 0 Å². The highest BCUT2D eigenvalue weighted by Crippen LogP contribution is 2.41. The number of hydrogen-bond acceptors (Lipinski definition) is 6. The zero-order valence-corrected chi connectivity index (χ0v) is 11.0. The minimum Gasteiger partial charge on any atom is -0.493 e. The van der Waals surface area contributed by atoms with Gasteiger partial charge in [-0.15, -0.1) is 0 Å². The molecule has 0 aliphatic rings. The molecular weight excluding hydrogens is 268 g/mol. The lowest BCUT2D eigenvalue weighted by molar-refractivity contribution is 0.0683. The van der Waals surface area contributed by atoms with E-state index in [4.69, 9.17) is 19.3 Å². The number of methoxy groups -OCH3 is 3. The molecule has 0 saturated heterocycles. The molecule has 0 aliphatic heterocycles. The molecule has 0 atom stereocenters. The first kappa shape index (κ1) is 13.7. The Morgan fingerprint density at radius 1 is 1.20 bits per heavy atom. The number of fused-ring (bicyclic) bond motifs is 1. The first-order valence-corrected chi connectivity index (χ1v) is 5.49. The van der Waals surface area contributed by atoms with Gasteiger partial charge in [-0.1, -0.05) is 0 Å². The van der Waals surface area contributed by atoms with Gasteiger partial charge in [-0.05, 0) is 6.07 Å². The molecule has 1 aromatic carbocycles. The highest BCUT2D eigenvalue weighted by molar-refractivity contribution is 5.92. The lowest BCUT2D eigenvalue weighted by Crippen LogP contribution is -2.16. The standard InChI is InChI=1S/C12H12N2O6/c1-18-6-4-5-7(9(20-3)8(6)19-2)13-10(12(16)17)14-11(5)15/h4H,1-3H3,(H,16,17)(H,13,14,15).